The molecular formula is C8H4FNO3. The zero-order valence-electron chi connectivity index (χ0n) is 6.37. The van der Waals surface area contributed by atoms with Crippen LogP contribution in [0.1, 0.15) is 5.56 Å². The zero-order chi connectivity index (χ0) is 9.42. The van der Waals surface area contributed by atoms with Crippen molar-refractivity contribution in [2.45, 2.75) is 0 Å². The maximum Gasteiger partial charge on any atom is 0.231 e. The molecule has 1 aliphatic rings. The molecule has 2 rings (SSSR count). The highest BCUT2D eigenvalue weighted by atomic mass is 19.1. The van der Waals surface area contributed by atoms with Crippen LogP contribution in [-0.2, 0) is 0 Å². The molecule has 5 heteroatoms. The van der Waals surface area contributed by atoms with Crippen molar-refractivity contribution in [3.05, 3.63) is 17.4 Å². The second-order valence-corrected chi connectivity index (χ2v) is 2.43. The van der Waals surface area contributed by atoms with E-state index in [2.05, 4.69) is 0 Å². The number of nitriles is 1. The maximum absolute atomic E-state index is 12.9. The Morgan fingerprint density at radius 2 is 2.31 bits per heavy atom. The number of phenolic OH excluding ortho intramolecular Hbond substituents is 1. The molecule has 0 radical (unpaired) electrons. The second kappa shape index (κ2) is 2.52. The zero-order valence-corrected chi connectivity index (χ0v) is 6.37. The SMILES string of the molecule is N#Cc1c(O)c(F)cc2c1OCO2. The van der Waals surface area contributed by atoms with Gasteiger partial charge in [-0.15, -0.1) is 0 Å². The monoisotopic (exact) mass is 181 g/mol. The molecule has 1 N–H and O–H groups in total. The molecule has 66 valence electrons. The van der Waals surface area contributed by atoms with Crippen LogP contribution in [-0.4, -0.2) is 11.9 Å². The molecule has 0 aromatic heterocycles. The summed E-state index contributed by atoms with van der Waals surface area (Å²) in [6, 6.07) is 2.63. The van der Waals surface area contributed by atoms with Gasteiger partial charge in [0.05, 0.1) is 0 Å². The third kappa shape index (κ3) is 0.957. The van der Waals surface area contributed by atoms with Gasteiger partial charge in [0.2, 0.25) is 6.79 Å². The van der Waals surface area contributed by atoms with Gasteiger partial charge < -0.3 is 14.6 Å². The van der Waals surface area contributed by atoms with Crippen LogP contribution in [0.25, 0.3) is 0 Å². The summed E-state index contributed by atoms with van der Waals surface area (Å²) in [6.07, 6.45) is 0. The van der Waals surface area contributed by atoms with Crippen LogP contribution in [0.2, 0.25) is 0 Å². The molecule has 1 heterocycles. The molecule has 0 aliphatic carbocycles. The Bertz CT molecular complexity index is 411. The third-order valence-electron chi connectivity index (χ3n) is 1.70. The van der Waals surface area contributed by atoms with Crippen LogP contribution in [0.3, 0.4) is 0 Å². The number of phenols is 1. The second-order valence-electron chi connectivity index (χ2n) is 2.43. The number of benzene rings is 1. The summed E-state index contributed by atoms with van der Waals surface area (Å²) in [5, 5.41) is 17.7. The number of hydrogen-bond donors (Lipinski definition) is 1. The molecule has 0 bridgehead atoms. The largest absolute Gasteiger partial charge is 0.504 e. The van der Waals surface area contributed by atoms with E-state index in [1.165, 1.54) is 0 Å². The molecule has 1 aromatic rings. The van der Waals surface area contributed by atoms with Crippen LogP contribution < -0.4 is 9.47 Å². The summed E-state index contributed by atoms with van der Waals surface area (Å²) in [4.78, 5) is 0. The van der Waals surface area contributed by atoms with Gasteiger partial charge in [0, 0.05) is 6.07 Å². The summed E-state index contributed by atoms with van der Waals surface area (Å²) >= 11 is 0. The van der Waals surface area contributed by atoms with Crippen LogP contribution >= 0.6 is 0 Å². The van der Waals surface area contributed by atoms with E-state index in [0.29, 0.717) is 0 Å². The maximum atomic E-state index is 12.9. The Morgan fingerprint density at radius 3 is 3.00 bits per heavy atom. The number of rotatable bonds is 0. The minimum Gasteiger partial charge on any atom is -0.504 e. The number of nitrogens with zero attached hydrogens (tertiary/aromatic N) is 1. The van der Waals surface area contributed by atoms with E-state index in [9.17, 15) is 4.39 Å². The molecule has 13 heavy (non-hydrogen) atoms. The van der Waals surface area contributed by atoms with Crippen molar-refractivity contribution in [1.82, 2.24) is 0 Å². The minimum absolute atomic E-state index is 0.0626. The van der Waals surface area contributed by atoms with Gasteiger partial charge in [-0.2, -0.15) is 5.26 Å². The highest BCUT2D eigenvalue weighted by molar-refractivity contribution is 5.60. The molecule has 1 aliphatic heterocycles. The summed E-state index contributed by atoms with van der Waals surface area (Å²) in [6.45, 7) is -0.0626. The molecule has 4 nitrogen and oxygen atoms in total. The Labute approximate surface area is 72.7 Å². The fourth-order valence-electron chi connectivity index (χ4n) is 1.11. The third-order valence-corrected chi connectivity index (χ3v) is 1.70. The van der Waals surface area contributed by atoms with E-state index in [1.54, 1.807) is 6.07 Å². The first-order chi connectivity index (χ1) is 6.24. The fourth-order valence-corrected chi connectivity index (χ4v) is 1.11. The molecule has 1 aromatic carbocycles. The first-order valence-electron chi connectivity index (χ1n) is 3.45. The molecular weight excluding hydrogens is 177 g/mol. The molecule has 0 atom stereocenters. The van der Waals surface area contributed by atoms with E-state index >= 15 is 0 Å². The van der Waals surface area contributed by atoms with Gasteiger partial charge in [-0.25, -0.2) is 4.39 Å². The molecule has 0 saturated carbocycles. The van der Waals surface area contributed by atoms with E-state index in [4.69, 9.17) is 19.8 Å². The average molecular weight is 181 g/mol. The van der Waals surface area contributed by atoms with Crippen molar-refractivity contribution in [2.75, 3.05) is 6.79 Å². The van der Waals surface area contributed by atoms with Crippen LogP contribution in [0.5, 0.6) is 17.2 Å². The Morgan fingerprint density at radius 1 is 1.54 bits per heavy atom. The molecule has 0 fully saturated rings. The molecule has 0 unspecified atom stereocenters. The van der Waals surface area contributed by atoms with Crippen molar-refractivity contribution >= 4 is 0 Å². The lowest BCUT2D eigenvalue weighted by atomic mass is 10.2. The molecule has 0 saturated heterocycles. The van der Waals surface area contributed by atoms with Crippen molar-refractivity contribution in [3.63, 3.8) is 0 Å². The summed E-state index contributed by atoms with van der Waals surface area (Å²) in [7, 11) is 0. The first-order valence-corrected chi connectivity index (χ1v) is 3.45. The van der Waals surface area contributed by atoms with Crippen molar-refractivity contribution in [3.8, 4) is 23.3 Å². The van der Waals surface area contributed by atoms with Crippen LogP contribution in [0, 0.1) is 17.1 Å². The van der Waals surface area contributed by atoms with Crippen LogP contribution in [0.4, 0.5) is 4.39 Å². The van der Waals surface area contributed by atoms with Crippen molar-refractivity contribution in [2.24, 2.45) is 0 Å². The van der Waals surface area contributed by atoms with Gasteiger partial charge in [-0.05, 0) is 0 Å². The first kappa shape index (κ1) is 7.68. The van der Waals surface area contributed by atoms with Crippen molar-refractivity contribution in [1.29, 1.82) is 5.26 Å². The smallest absolute Gasteiger partial charge is 0.231 e. The van der Waals surface area contributed by atoms with Gasteiger partial charge in [0.25, 0.3) is 0 Å². The topological polar surface area (TPSA) is 62.5 Å². The lowest BCUT2D eigenvalue weighted by Crippen LogP contribution is -1.93. The average Bonchev–Trinajstić information content (AvgIpc) is 2.54. The van der Waals surface area contributed by atoms with Gasteiger partial charge in [0.15, 0.2) is 23.1 Å². The van der Waals surface area contributed by atoms with Crippen molar-refractivity contribution < 1.29 is 19.0 Å². The quantitative estimate of drug-likeness (QED) is 0.651. The molecule has 0 spiro atoms. The van der Waals surface area contributed by atoms with E-state index in [-0.39, 0.29) is 23.9 Å². The summed E-state index contributed by atoms with van der Waals surface area (Å²) < 4.78 is 22.6. The highest BCUT2D eigenvalue weighted by Gasteiger charge is 2.24. The van der Waals surface area contributed by atoms with E-state index in [0.717, 1.165) is 6.07 Å². The Kier molecular flexibility index (Phi) is 1.49. The van der Waals surface area contributed by atoms with Gasteiger partial charge in [-0.3, -0.25) is 0 Å². The number of ether oxygens (including phenoxy) is 2. The Balaban J connectivity index is 2.73. The summed E-state index contributed by atoms with van der Waals surface area (Å²) in [5.41, 5.74) is -0.229. The highest BCUT2D eigenvalue weighted by Crippen LogP contribution is 2.41. The normalized spacial score (nSPS) is 12.6. The lowest BCUT2D eigenvalue weighted by molar-refractivity contribution is 0.173. The van der Waals surface area contributed by atoms with Gasteiger partial charge >= 0.3 is 0 Å². The van der Waals surface area contributed by atoms with E-state index in [1.807, 2.05) is 0 Å². The molecule has 0 amide bonds. The fraction of sp³-hybridized carbons (Fsp3) is 0.125. The van der Waals surface area contributed by atoms with Crippen LogP contribution in [0.15, 0.2) is 6.07 Å². The summed E-state index contributed by atoms with van der Waals surface area (Å²) in [5.74, 6) is -1.35. The van der Waals surface area contributed by atoms with Gasteiger partial charge in [0.1, 0.15) is 11.6 Å². The predicted molar refractivity (Wildman–Crippen MR) is 38.9 cm³/mol. The minimum atomic E-state index is -0.888. The number of aromatic hydroxyl groups is 1. The number of halogens is 1. The standard InChI is InChI=1S/C8H4FNO3/c9-5-1-6-8(13-3-12-6)4(2-10)7(5)11/h1,11H,3H2. The lowest BCUT2D eigenvalue weighted by Gasteiger charge is -2.01. The van der Waals surface area contributed by atoms with E-state index < -0.39 is 11.6 Å². The number of fused-ring (bicyclic) bond motifs is 1. The Hall–Kier alpha value is -1.96. The van der Waals surface area contributed by atoms with Gasteiger partial charge in [-0.1, -0.05) is 0 Å². The predicted octanol–water partition coefficient (Wildman–Crippen LogP) is 1.13. The number of hydrogen-bond acceptors (Lipinski definition) is 4.